The molecule has 0 spiro atoms. The summed E-state index contributed by atoms with van der Waals surface area (Å²) in [4.78, 5) is 35.8. The van der Waals surface area contributed by atoms with Gasteiger partial charge in [-0.3, -0.25) is 14.4 Å². The van der Waals surface area contributed by atoms with E-state index in [0.717, 1.165) is 0 Å². The van der Waals surface area contributed by atoms with Crippen LogP contribution in [0.2, 0.25) is 0 Å². The number of methoxy groups -OCH3 is 1. The Morgan fingerprint density at radius 1 is 1.10 bits per heavy atom. The molecule has 0 saturated heterocycles. The van der Waals surface area contributed by atoms with Gasteiger partial charge in [0.15, 0.2) is 5.78 Å². The van der Waals surface area contributed by atoms with Crippen molar-refractivity contribution in [2.45, 2.75) is 11.9 Å². The Balaban J connectivity index is 1.67. The summed E-state index contributed by atoms with van der Waals surface area (Å²) >= 11 is 1.21. The van der Waals surface area contributed by atoms with Crippen LogP contribution in [0.25, 0.3) is 5.69 Å². The fourth-order valence-electron chi connectivity index (χ4n) is 2.53. The Labute approximate surface area is 171 Å². The van der Waals surface area contributed by atoms with Crippen molar-refractivity contribution in [3.05, 3.63) is 76.6 Å². The molecule has 2 aromatic carbocycles. The summed E-state index contributed by atoms with van der Waals surface area (Å²) in [6, 6.07) is 16.7. The van der Waals surface area contributed by atoms with E-state index in [9.17, 15) is 14.4 Å². The standard InChI is InChI=1S/C21H19N3O4S/c1-14(25)15-4-3-5-16(12-15)22-19(26)13-29-20-10-11-21(27)24(23-20)17-6-8-18(28-2)9-7-17/h3-12H,13H2,1-2H3,(H,22,26). The summed E-state index contributed by atoms with van der Waals surface area (Å²) in [6.07, 6.45) is 0. The quantitative estimate of drug-likeness (QED) is 0.476. The highest BCUT2D eigenvalue weighted by atomic mass is 32.2. The van der Waals surface area contributed by atoms with Gasteiger partial charge in [0.05, 0.1) is 18.6 Å². The van der Waals surface area contributed by atoms with Gasteiger partial charge in [0.1, 0.15) is 10.8 Å². The SMILES string of the molecule is COc1ccc(-n2nc(SCC(=O)Nc3cccc(C(C)=O)c3)ccc2=O)cc1. The molecular weight excluding hydrogens is 390 g/mol. The molecule has 1 aromatic heterocycles. The Kier molecular flexibility index (Phi) is 6.46. The molecule has 0 atom stereocenters. The van der Waals surface area contributed by atoms with E-state index in [0.29, 0.717) is 27.7 Å². The van der Waals surface area contributed by atoms with Gasteiger partial charge in [-0.1, -0.05) is 23.9 Å². The summed E-state index contributed by atoms with van der Waals surface area (Å²) in [6.45, 7) is 1.47. The summed E-state index contributed by atoms with van der Waals surface area (Å²) in [5.41, 5.74) is 1.41. The molecule has 3 rings (SSSR count). The van der Waals surface area contributed by atoms with Crippen LogP contribution in [0.3, 0.4) is 0 Å². The second-order valence-electron chi connectivity index (χ2n) is 6.09. The van der Waals surface area contributed by atoms with Crippen LogP contribution in [0.4, 0.5) is 5.69 Å². The maximum Gasteiger partial charge on any atom is 0.271 e. The number of ether oxygens (including phenoxy) is 1. The lowest BCUT2D eigenvalue weighted by atomic mass is 10.1. The third kappa shape index (κ3) is 5.32. The fourth-order valence-corrected chi connectivity index (χ4v) is 3.19. The van der Waals surface area contributed by atoms with E-state index in [1.54, 1.807) is 61.7 Å². The monoisotopic (exact) mass is 409 g/mol. The first-order chi connectivity index (χ1) is 14.0. The molecule has 148 valence electrons. The predicted molar refractivity (Wildman–Crippen MR) is 112 cm³/mol. The number of carbonyl (C=O) groups is 2. The molecular formula is C21H19N3O4S. The fraction of sp³-hybridized carbons (Fsp3) is 0.143. The lowest BCUT2D eigenvalue weighted by Crippen LogP contribution is -2.20. The van der Waals surface area contributed by atoms with Gasteiger partial charge in [0.25, 0.3) is 5.56 Å². The summed E-state index contributed by atoms with van der Waals surface area (Å²) in [7, 11) is 1.57. The van der Waals surface area contributed by atoms with E-state index >= 15 is 0 Å². The number of amides is 1. The molecule has 3 aromatic rings. The zero-order valence-electron chi connectivity index (χ0n) is 15.9. The molecule has 0 fully saturated rings. The molecule has 0 aliphatic heterocycles. The van der Waals surface area contributed by atoms with E-state index in [4.69, 9.17) is 4.74 Å². The van der Waals surface area contributed by atoms with Crippen molar-refractivity contribution in [3.8, 4) is 11.4 Å². The van der Waals surface area contributed by atoms with Gasteiger partial charge in [-0.15, -0.1) is 0 Å². The topological polar surface area (TPSA) is 90.3 Å². The zero-order chi connectivity index (χ0) is 20.8. The molecule has 29 heavy (non-hydrogen) atoms. The van der Waals surface area contributed by atoms with E-state index < -0.39 is 0 Å². The number of nitrogens with one attached hydrogen (secondary N) is 1. The lowest BCUT2D eigenvalue weighted by Gasteiger charge is -2.08. The number of ketones is 1. The number of anilines is 1. The van der Waals surface area contributed by atoms with Crippen LogP contribution in [0, 0.1) is 0 Å². The van der Waals surface area contributed by atoms with E-state index in [2.05, 4.69) is 10.4 Å². The molecule has 0 aliphatic rings. The lowest BCUT2D eigenvalue weighted by molar-refractivity contribution is -0.113. The number of benzene rings is 2. The second kappa shape index (κ2) is 9.20. The summed E-state index contributed by atoms with van der Waals surface area (Å²) < 4.78 is 6.39. The molecule has 8 heteroatoms. The smallest absolute Gasteiger partial charge is 0.271 e. The zero-order valence-corrected chi connectivity index (χ0v) is 16.7. The first kappa shape index (κ1) is 20.3. The Morgan fingerprint density at radius 3 is 2.55 bits per heavy atom. The van der Waals surface area contributed by atoms with E-state index in [-0.39, 0.29) is 23.0 Å². The average Bonchev–Trinajstić information content (AvgIpc) is 2.73. The van der Waals surface area contributed by atoms with Gasteiger partial charge in [0.2, 0.25) is 5.91 Å². The van der Waals surface area contributed by atoms with E-state index in [1.807, 2.05) is 0 Å². The number of thioether (sulfide) groups is 1. The molecule has 0 aliphatic carbocycles. The minimum Gasteiger partial charge on any atom is -0.497 e. The highest BCUT2D eigenvalue weighted by Gasteiger charge is 2.09. The van der Waals surface area contributed by atoms with Crippen LogP contribution < -0.4 is 15.6 Å². The summed E-state index contributed by atoms with van der Waals surface area (Å²) in [5, 5.41) is 7.61. The van der Waals surface area contributed by atoms with Crippen molar-refractivity contribution in [2.75, 3.05) is 18.2 Å². The molecule has 0 radical (unpaired) electrons. The third-order valence-corrected chi connectivity index (χ3v) is 4.92. The van der Waals surface area contributed by atoms with Crippen LogP contribution in [0.5, 0.6) is 5.75 Å². The minimum atomic E-state index is -0.273. The predicted octanol–water partition coefficient (Wildman–Crippen LogP) is 3.17. The van der Waals surface area contributed by atoms with Gasteiger partial charge in [0, 0.05) is 17.3 Å². The molecule has 1 heterocycles. The average molecular weight is 409 g/mol. The Morgan fingerprint density at radius 2 is 1.86 bits per heavy atom. The van der Waals surface area contributed by atoms with Gasteiger partial charge in [-0.25, -0.2) is 0 Å². The number of carbonyl (C=O) groups excluding carboxylic acids is 2. The third-order valence-electron chi connectivity index (χ3n) is 4.00. The van der Waals surface area contributed by atoms with Crippen molar-refractivity contribution >= 4 is 29.1 Å². The highest BCUT2D eigenvalue weighted by Crippen LogP contribution is 2.17. The first-order valence-electron chi connectivity index (χ1n) is 8.75. The first-order valence-corrected chi connectivity index (χ1v) is 9.73. The molecule has 1 N–H and O–H groups in total. The summed E-state index contributed by atoms with van der Waals surface area (Å²) in [5.74, 6) is 0.482. The maximum absolute atomic E-state index is 12.2. The number of aromatic nitrogens is 2. The van der Waals surface area contributed by atoms with Crippen LogP contribution in [-0.4, -0.2) is 34.3 Å². The number of rotatable bonds is 7. The maximum atomic E-state index is 12.2. The van der Waals surface area contributed by atoms with Gasteiger partial charge in [-0.05, 0) is 49.4 Å². The number of hydrogen-bond donors (Lipinski definition) is 1. The van der Waals surface area contributed by atoms with Crippen LogP contribution in [0.1, 0.15) is 17.3 Å². The van der Waals surface area contributed by atoms with E-state index in [1.165, 1.54) is 29.4 Å². The van der Waals surface area contributed by atoms with Crippen molar-refractivity contribution < 1.29 is 14.3 Å². The van der Waals surface area contributed by atoms with Crippen LogP contribution in [-0.2, 0) is 4.79 Å². The highest BCUT2D eigenvalue weighted by molar-refractivity contribution is 7.99. The molecule has 0 unspecified atom stereocenters. The van der Waals surface area contributed by atoms with Gasteiger partial charge >= 0.3 is 0 Å². The molecule has 7 nitrogen and oxygen atoms in total. The molecule has 0 saturated carbocycles. The van der Waals surface area contributed by atoms with Gasteiger partial charge < -0.3 is 10.1 Å². The van der Waals surface area contributed by atoms with Crippen LogP contribution >= 0.6 is 11.8 Å². The normalized spacial score (nSPS) is 10.4. The largest absolute Gasteiger partial charge is 0.497 e. The Hall–Kier alpha value is -3.39. The Bertz CT molecular complexity index is 1090. The number of hydrogen-bond acceptors (Lipinski definition) is 6. The molecule has 0 bridgehead atoms. The minimum absolute atomic E-state index is 0.0690. The van der Waals surface area contributed by atoms with Crippen LogP contribution in [0.15, 0.2) is 70.5 Å². The van der Waals surface area contributed by atoms with Crippen molar-refractivity contribution in [1.29, 1.82) is 0 Å². The number of Topliss-reactive ketones (excluding diaryl/α,β-unsaturated/α-hetero) is 1. The number of nitrogens with zero attached hydrogens (tertiary/aromatic N) is 2. The van der Waals surface area contributed by atoms with Crippen molar-refractivity contribution in [1.82, 2.24) is 9.78 Å². The molecule has 1 amide bonds. The second-order valence-corrected chi connectivity index (χ2v) is 7.09. The van der Waals surface area contributed by atoms with Gasteiger partial charge in [-0.2, -0.15) is 9.78 Å². The van der Waals surface area contributed by atoms with Crippen molar-refractivity contribution in [3.63, 3.8) is 0 Å². The van der Waals surface area contributed by atoms with Crippen molar-refractivity contribution in [2.24, 2.45) is 0 Å².